The first-order valence-corrected chi connectivity index (χ1v) is 11.4. The molecular weight excluding hydrogens is 418 g/mol. The van der Waals surface area contributed by atoms with Crippen LogP contribution in [-0.4, -0.2) is 39.3 Å². The van der Waals surface area contributed by atoms with Gasteiger partial charge in [0.25, 0.3) is 0 Å². The summed E-state index contributed by atoms with van der Waals surface area (Å²) in [5.74, 6) is 1.31. The van der Waals surface area contributed by atoms with E-state index in [0.29, 0.717) is 17.1 Å². The second-order valence-corrected chi connectivity index (χ2v) is 8.86. The van der Waals surface area contributed by atoms with Gasteiger partial charge in [0, 0.05) is 23.4 Å². The Morgan fingerprint density at radius 3 is 2.87 bits per heavy atom. The molecule has 0 radical (unpaired) electrons. The van der Waals surface area contributed by atoms with Crippen LogP contribution < -0.4 is 10.1 Å². The van der Waals surface area contributed by atoms with Gasteiger partial charge in [0.1, 0.15) is 12.3 Å². The Morgan fingerprint density at radius 1 is 1.30 bits per heavy atom. The van der Waals surface area contributed by atoms with Crippen LogP contribution in [0.2, 0.25) is 0 Å². The van der Waals surface area contributed by atoms with E-state index in [-0.39, 0.29) is 12.5 Å². The van der Waals surface area contributed by atoms with Crippen LogP contribution in [0.25, 0.3) is 11.4 Å². The first kappa shape index (κ1) is 20.7. The van der Waals surface area contributed by atoms with E-state index >= 15 is 0 Å². The van der Waals surface area contributed by atoms with Gasteiger partial charge in [0.15, 0.2) is 10.6 Å². The van der Waals surface area contributed by atoms with Crippen molar-refractivity contribution >= 4 is 29.5 Å². The maximum absolute atomic E-state index is 12.5. The van der Waals surface area contributed by atoms with E-state index in [2.05, 4.69) is 15.5 Å². The molecule has 9 heteroatoms. The summed E-state index contributed by atoms with van der Waals surface area (Å²) in [7, 11) is 1.62. The van der Waals surface area contributed by atoms with Gasteiger partial charge >= 0.3 is 0 Å². The number of carbonyl (C=O) groups excluding carboxylic acids is 1. The molecule has 0 saturated carbocycles. The molecule has 0 unspecified atom stereocenters. The molecule has 0 aliphatic heterocycles. The van der Waals surface area contributed by atoms with Crippen molar-refractivity contribution in [2.45, 2.75) is 45.1 Å². The lowest BCUT2D eigenvalue weighted by molar-refractivity contribution is -0.121. The van der Waals surface area contributed by atoms with E-state index < -0.39 is 0 Å². The number of rotatable bonds is 8. The van der Waals surface area contributed by atoms with E-state index in [1.54, 1.807) is 11.7 Å². The minimum atomic E-state index is -0.0827. The topological polar surface area (TPSA) is 84.8 Å². The van der Waals surface area contributed by atoms with Crippen molar-refractivity contribution in [2.24, 2.45) is 0 Å². The number of aromatic nitrogens is 4. The normalized spacial score (nSPS) is 13.1. The number of nitrogens with one attached hydrogen (secondary N) is 2. The predicted molar refractivity (Wildman–Crippen MR) is 119 cm³/mol. The number of amides is 1. The molecule has 158 valence electrons. The number of nitrogens with zero attached hydrogens (tertiary/aromatic N) is 3. The molecule has 7 nitrogen and oxygen atoms in total. The highest BCUT2D eigenvalue weighted by atomic mass is 32.1. The van der Waals surface area contributed by atoms with Crippen LogP contribution in [0.5, 0.6) is 5.75 Å². The second-order valence-electron chi connectivity index (χ2n) is 7.31. The molecule has 1 aliphatic carbocycles. The molecule has 1 aliphatic rings. The van der Waals surface area contributed by atoms with Gasteiger partial charge in [0.2, 0.25) is 5.91 Å². The van der Waals surface area contributed by atoms with Crippen molar-refractivity contribution < 1.29 is 9.53 Å². The molecule has 0 saturated heterocycles. The minimum Gasteiger partial charge on any atom is -0.497 e. The number of hydrogen-bond donors (Lipinski definition) is 2. The van der Waals surface area contributed by atoms with Gasteiger partial charge in [-0.1, -0.05) is 0 Å². The number of fused-ring (bicyclic) bond motifs is 1. The van der Waals surface area contributed by atoms with Crippen LogP contribution in [-0.2, 0) is 30.6 Å². The monoisotopic (exact) mass is 443 g/mol. The lowest BCUT2D eigenvalue weighted by Gasteiger charge is -2.08. The Hall–Kier alpha value is -2.52. The average molecular weight is 444 g/mol. The molecule has 0 bridgehead atoms. The summed E-state index contributed by atoms with van der Waals surface area (Å²) in [4.78, 5) is 18.7. The van der Waals surface area contributed by atoms with Crippen molar-refractivity contribution in [3.05, 3.63) is 44.6 Å². The third-order valence-corrected chi connectivity index (χ3v) is 6.72. The summed E-state index contributed by atoms with van der Waals surface area (Å²) in [5, 5.41) is 11.2. The van der Waals surface area contributed by atoms with Gasteiger partial charge in [-0.15, -0.1) is 11.3 Å². The highest BCUT2D eigenvalue weighted by Gasteiger charge is 2.15. The molecule has 1 amide bonds. The fourth-order valence-corrected chi connectivity index (χ4v) is 5.00. The standard InChI is InChI=1S/C21H25N5O2S2/c1-28-15-10-8-14(9-11-15)20-24-25-21(29)26(20)13-18(27)22-12-4-7-19-23-16-5-2-3-6-17(16)30-19/h8-11H,2-7,12-13H2,1H3,(H,22,27)(H,25,29). The summed E-state index contributed by atoms with van der Waals surface area (Å²) in [6, 6.07) is 7.50. The molecule has 4 rings (SSSR count). The van der Waals surface area contributed by atoms with Crippen LogP contribution >= 0.6 is 23.6 Å². The Balaban J connectivity index is 1.30. The second kappa shape index (κ2) is 9.53. The van der Waals surface area contributed by atoms with Crippen LogP contribution in [0.3, 0.4) is 0 Å². The van der Waals surface area contributed by atoms with Crippen molar-refractivity contribution in [1.29, 1.82) is 0 Å². The fraction of sp³-hybridized carbons (Fsp3) is 0.429. The summed E-state index contributed by atoms with van der Waals surface area (Å²) in [6.07, 6.45) is 6.59. The third-order valence-electron chi connectivity index (χ3n) is 5.19. The van der Waals surface area contributed by atoms with Crippen molar-refractivity contribution in [2.75, 3.05) is 13.7 Å². The van der Waals surface area contributed by atoms with Crippen molar-refractivity contribution in [3.63, 3.8) is 0 Å². The van der Waals surface area contributed by atoms with Crippen molar-refractivity contribution in [3.8, 4) is 17.1 Å². The molecule has 2 N–H and O–H groups in total. The summed E-state index contributed by atoms with van der Waals surface area (Å²) in [6.45, 7) is 0.744. The number of hydrogen-bond acceptors (Lipinski definition) is 6. The minimum absolute atomic E-state index is 0.0827. The van der Waals surface area contributed by atoms with E-state index in [1.165, 1.54) is 34.8 Å². The van der Waals surface area contributed by atoms with E-state index in [0.717, 1.165) is 30.6 Å². The molecule has 0 atom stereocenters. The number of ether oxygens (including phenoxy) is 1. The number of benzene rings is 1. The summed E-state index contributed by atoms with van der Waals surface area (Å²) < 4.78 is 7.32. The lowest BCUT2D eigenvalue weighted by Crippen LogP contribution is -2.29. The Kier molecular flexibility index (Phi) is 6.59. The largest absolute Gasteiger partial charge is 0.497 e. The van der Waals surface area contributed by atoms with Gasteiger partial charge in [-0.05, 0) is 68.6 Å². The van der Waals surface area contributed by atoms with Gasteiger partial charge in [-0.3, -0.25) is 14.5 Å². The highest BCUT2D eigenvalue weighted by molar-refractivity contribution is 7.71. The van der Waals surface area contributed by atoms with Gasteiger partial charge in [-0.2, -0.15) is 5.10 Å². The number of methoxy groups -OCH3 is 1. The quantitative estimate of drug-likeness (QED) is 0.410. The van der Waals surface area contributed by atoms with Gasteiger partial charge in [-0.25, -0.2) is 4.98 Å². The Labute approximate surface area is 184 Å². The lowest BCUT2D eigenvalue weighted by atomic mass is 10.0. The molecule has 30 heavy (non-hydrogen) atoms. The number of H-pyrrole nitrogens is 1. The zero-order valence-corrected chi connectivity index (χ0v) is 18.6. The van der Waals surface area contributed by atoms with E-state index in [1.807, 2.05) is 35.6 Å². The zero-order valence-electron chi connectivity index (χ0n) is 16.9. The van der Waals surface area contributed by atoms with Crippen LogP contribution in [0.4, 0.5) is 0 Å². The molecule has 2 heterocycles. The average Bonchev–Trinajstić information content (AvgIpc) is 3.34. The number of aromatic amines is 1. The van der Waals surface area contributed by atoms with Crippen LogP contribution in [0, 0.1) is 4.77 Å². The van der Waals surface area contributed by atoms with E-state index in [9.17, 15) is 4.79 Å². The summed E-state index contributed by atoms with van der Waals surface area (Å²) >= 11 is 7.15. The molecule has 3 aromatic rings. The number of aryl methyl sites for hydroxylation is 3. The first-order chi connectivity index (χ1) is 14.6. The maximum Gasteiger partial charge on any atom is 0.240 e. The molecule has 0 spiro atoms. The highest BCUT2D eigenvalue weighted by Crippen LogP contribution is 2.27. The van der Waals surface area contributed by atoms with Crippen LogP contribution in [0.15, 0.2) is 24.3 Å². The SMILES string of the molecule is COc1ccc(-c2n[nH]c(=S)n2CC(=O)NCCCc2nc3c(s2)CCCC3)cc1. The predicted octanol–water partition coefficient (Wildman–Crippen LogP) is 3.70. The van der Waals surface area contributed by atoms with E-state index in [4.69, 9.17) is 21.9 Å². The molecular formula is C21H25N5O2S2. The molecule has 2 aromatic heterocycles. The molecule has 0 fully saturated rings. The number of carbonyl (C=O) groups is 1. The summed E-state index contributed by atoms with van der Waals surface area (Å²) in [5.41, 5.74) is 2.16. The van der Waals surface area contributed by atoms with Crippen molar-refractivity contribution in [1.82, 2.24) is 25.1 Å². The Bertz CT molecular complexity index is 1040. The number of thiazole rings is 1. The maximum atomic E-state index is 12.5. The van der Waals surface area contributed by atoms with Gasteiger partial charge in [0.05, 0.1) is 17.8 Å². The fourth-order valence-electron chi connectivity index (χ4n) is 3.60. The Morgan fingerprint density at radius 2 is 2.10 bits per heavy atom. The molecule has 1 aromatic carbocycles. The smallest absolute Gasteiger partial charge is 0.240 e. The van der Waals surface area contributed by atoms with Gasteiger partial charge < -0.3 is 10.1 Å². The van der Waals surface area contributed by atoms with Crippen LogP contribution in [0.1, 0.15) is 34.8 Å². The third kappa shape index (κ3) is 4.79. The first-order valence-electron chi connectivity index (χ1n) is 10.2. The zero-order chi connectivity index (χ0) is 20.9.